The molecule has 0 saturated heterocycles. The molecule has 1 amide bonds. The average molecular weight is 359 g/mol. The number of carbonyl (C=O) groups is 1. The van der Waals surface area contributed by atoms with Gasteiger partial charge in [-0.15, -0.1) is 0 Å². The molecule has 0 unspecified atom stereocenters. The van der Waals surface area contributed by atoms with E-state index >= 15 is 0 Å². The largest absolute Gasteiger partial charge is 0.449 e. The average Bonchev–Trinajstić information content (AvgIpc) is 2.77. The van der Waals surface area contributed by atoms with E-state index in [-0.39, 0.29) is 12.3 Å². The number of hydrogen-bond acceptors (Lipinski definition) is 3. The molecule has 3 aromatic rings. The van der Waals surface area contributed by atoms with E-state index in [0.717, 1.165) is 27.7 Å². The summed E-state index contributed by atoms with van der Waals surface area (Å²) in [6.45, 7) is 3.93. The lowest BCUT2D eigenvalue weighted by Crippen LogP contribution is -2.16. The van der Waals surface area contributed by atoms with Crippen LogP contribution in [-0.4, -0.2) is 10.9 Å². The number of rotatable bonds is 3. The zero-order chi connectivity index (χ0) is 15.7. The Balaban J connectivity index is 1.87. The molecule has 1 aromatic carbocycles. The summed E-state index contributed by atoms with van der Waals surface area (Å²) in [6, 6.07) is 9.68. The first-order chi connectivity index (χ1) is 10.5. The van der Waals surface area contributed by atoms with Gasteiger partial charge < -0.3 is 9.73 Å². The molecule has 0 atom stereocenters. The molecule has 0 fully saturated rings. The fraction of sp³-hybridized carbons (Fsp3) is 0.176. The molecule has 4 nitrogen and oxygen atoms in total. The van der Waals surface area contributed by atoms with E-state index in [0.29, 0.717) is 10.5 Å². The van der Waals surface area contributed by atoms with Crippen LogP contribution in [0.5, 0.6) is 0 Å². The van der Waals surface area contributed by atoms with Crippen LogP contribution in [0.15, 0.2) is 45.6 Å². The maximum absolute atomic E-state index is 12.3. The molecule has 0 radical (unpaired) electrons. The van der Waals surface area contributed by atoms with Crippen molar-refractivity contribution in [3.05, 3.63) is 57.9 Å². The third kappa shape index (κ3) is 2.90. The molecule has 112 valence electrons. The van der Waals surface area contributed by atoms with Gasteiger partial charge in [0.25, 0.3) is 0 Å². The minimum atomic E-state index is -0.119. The van der Waals surface area contributed by atoms with Gasteiger partial charge in [0.2, 0.25) is 5.91 Å². The van der Waals surface area contributed by atoms with Crippen LogP contribution in [0.4, 0.5) is 5.82 Å². The van der Waals surface area contributed by atoms with Crippen molar-refractivity contribution in [1.82, 2.24) is 4.98 Å². The number of benzene rings is 1. The van der Waals surface area contributed by atoms with Gasteiger partial charge in [0, 0.05) is 17.1 Å². The molecule has 0 bridgehead atoms. The van der Waals surface area contributed by atoms with E-state index < -0.39 is 0 Å². The van der Waals surface area contributed by atoms with Crippen molar-refractivity contribution in [1.29, 1.82) is 0 Å². The number of nitrogens with one attached hydrogen (secondary N) is 1. The normalized spacial score (nSPS) is 10.9. The van der Waals surface area contributed by atoms with E-state index in [1.165, 1.54) is 0 Å². The summed E-state index contributed by atoms with van der Waals surface area (Å²) in [7, 11) is 0. The second-order valence-corrected chi connectivity index (χ2v) is 5.97. The minimum Gasteiger partial charge on any atom is -0.449 e. The van der Waals surface area contributed by atoms with E-state index in [2.05, 4.69) is 26.2 Å². The van der Waals surface area contributed by atoms with Crippen molar-refractivity contribution in [2.45, 2.75) is 20.3 Å². The van der Waals surface area contributed by atoms with Crippen molar-refractivity contribution >= 4 is 38.6 Å². The Morgan fingerprint density at radius 1 is 1.32 bits per heavy atom. The number of halogens is 1. The van der Waals surface area contributed by atoms with Gasteiger partial charge in [0.1, 0.15) is 11.4 Å². The Kier molecular flexibility index (Phi) is 3.98. The summed E-state index contributed by atoms with van der Waals surface area (Å²) < 4.78 is 6.25. The molecule has 22 heavy (non-hydrogen) atoms. The number of furan rings is 1. The molecule has 5 heteroatoms. The zero-order valence-corrected chi connectivity index (χ0v) is 13.9. The summed E-state index contributed by atoms with van der Waals surface area (Å²) in [5, 5.41) is 3.80. The van der Waals surface area contributed by atoms with Gasteiger partial charge in [0.05, 0.1) is 6.42 Å². The lowest BCUT2D eigenvalue weighted by Gasteiger charge is -2.06. The van der Waals surface area contributed by atoms with Crippen LogP contribution < -0.4 is 5.32 Å². The fourth-order valence-corrected chi connectivity index (χ4v) is 2.88. The van der Waals surface area contributed by atoms with Gasteiger partial charge in [-0.25, -0.2) is 4.98 Å². The summed E-state index contributed by atoms with van der Waals surface area (Å²) in [5.74, 6) is 0.472. The van der Waals surface area contributed by atoms with E-state index in [1.54, 1.807) is 6.20 Å². The Labute approximate surface area is 136 Å². The highest BCUT2D eigenvalue weighted by Crippen LogP contribution is 2.31. The van der Waals surface area contributed by atoms with Gasteiger partial charge in [-0.05, 0) is 53.5 Å². The van der Waals surface area contributed by atoms with Gasteiger partial charge in [-0.2, -0.15) is 0 Å². The van der Waals surface area contributed by atoms with Crippen molar-refractivity contribution in [2.75, 3.05) is 5.32 Å². The third-order valence-electron chi connectivity index (χ3n) is 3.50. The highest BCUT2D eigenvalue weighted by atomic mass is 79.9. The highest BCUT2D eigenvalue weighted by molar-refractivity contribution is 9.10. The quantitative estimate of drug-likeness (QED) is 0.755. The smallest absolute Gasteiger partial charge is 0.230 e. The highest BCUT2D eigenvalue weighted by Gasteiger charge is 2.16. The number of nitrogens with zero attached hydrogens (tertiary/aromatic N) is 1. The molecular weight excluding hydrogens is 344 g/mol. The summed E-state index contributed by atoms with van der Waals surface area (Å²) in [4.78, 5) is 16.5. The minimum absolute atomic E-state index is 0.119. The topological polar surface area (TPSA) is 55.1 Å². The number of fused-ring (bicyclic) bond motifs is 1. The standard InChI is InChI=1S/C17H15BrN2O2/c1-10-5-6-14-12(8-10)13(16(18)22-14)9-15(21)20-17-11(2)4-3-7-19-17/h3-8H,9H2,1-2H3,(H,19,20,21). The summed E-state index contributed by atoms with van der Waals surface area (Å²) in [5.41, 5.74) is 3.69. The Bertz CT molecular complexity index is 855. The lowest BCUT2D eigenvalue weighted by molar-refractivity contribution is -0.115. The number of amides is 1. The predicted octanol–water partition coefficient (Wildman–Crippen LogP) is 4.39. The van der Waals surface area contributed by atoms with Gasteiger partial charge in [-0.3, -0.25) is 4.79 Å². The van der Waals surface area contributed by atoms with Crippen molar-refractivity contribution in [3.8, 4) is 0 Å². The molecule has 0 saturated carbocycles. The van der Waals surface area contributed by atoms with Crippen LogP contribution in [0, 0.1) is 13.8 Å². The molecule has 1 N–H and O–H groups in total. The predicted molar refractivity (Wildman–Crippen MR) is 90.0 cm³/mol. The lowest BCUT2D eigenvalue weighted by atomic mass is 10.1. The molecular formula is C17H15BrN2O2. The van der Waals surface area contributed by atoms with Gasteiger partial charge in [0.15, 0.2) is 4.67 Å². The number of pyridine rings is 1. The first kappa shape index (κ1) is 14.8. The maximum atomic E-state index is 12.3. The number of aromatic nitrogens is 1. The van der Waals surface area contributed by atoms with Crippen molar-refractivity contribution < 1.29 is 9.21 Å². The van der Waals surface area contributed by atoms with Crippen molar-refractivity contribution in [3.63, 3.8) is 0 Å². The van der Waals surface area contributed by atoms with Gasteiger partial charge >= 0.3 is 0 Å². The second-order valence-electron chi connectivity index (χ2n) is 5.25. The van der Waals surface area contributed by atoms with Crippen LogP contribution in [0.25, 0.3) is 11.0 Å². The SMILES string of the molecule is Cc1ccc2oc(Br)c(CC(=O)Nc3ncccc3C)c2c1. The number of anilines is 1. The zero-order valence-electron chi connectivity index (χ0n) is 12.3. The van der Waals surface area contributed by atoms with Crippen LogP contribution >= 0.6 is 15.9 Å². The first-order valence-electron chi connectivity index (χ1n) is 6.93. The van der Waals surface area contributed by atoms with Crippen LogP contribution in [0.1, 0.15) is 16.7 Å². The number of hydrogen-bond donors (Lipinski definition) is 1. The first-order valence-corrected chi connectivity index (χ1v) is 7.73. The number of aryl methyl sites for hydroxylation is 2. The van der Waals surface area contributed by atoms with E-state index in [4.69, 9.17) is 4.42 Å². The Morgan fingerprint density at radius 3 is 2.91 bits per heavy atom. The molecule has 0 spiro atoms. The van der Waals surface area contributed by atoms with Gasteiger partial charge in [-0.1, -0.05) is 17.7 Å². The van der Waals surface area contributed by atoms with Crippen molar-refractivity contribution in [2.24, 2.45) is 0 Å². The summed E-state index contributed by atoms with van der Waals surface area (Å²) >= 11 is 3.40. The maximum Gasteiger partial charge on any atom is 0.230 e. The molecule has 0 aliphatic rings. The second kappa shape index (κ2) is 5.93. The molecule has 3 rings (SSSR count). The summed E-state index contributed by atoms with van der Waals surface area (Å²) in [6.07, 6.45) is 1.89. The molecule has 2 heterocycles. The van der Waals surface area contributed by atoms with Crippen LogP contribution in [-0.2, 0) is 11.2 Å². The molecule has 0 aliphatic carbocycles. The van der Waals surface area contributed by atoms with Crippen LogP contribution in [0.3, 0.4) is 0 Å². The molecule has 0 aliphatic heterocycles. The Hall–Kier alpha value is -2.14. The van der Waals surface area contributed by atoms with E-state index in [9.17, 15) is 4.79 Å². The third-order valence-corrected chi connectivity index (χ3v) is 4.14. The van der Waals surface area contributed by atoms with Crippen LogP contribution in [0.2, 0.25) is 0 Å². The Morgan fingerprint density at radius 2 is 2.14 bits per heavy atom. The fourth-order valence-electron chi connectivity index (χ4n) is 2.35. The molecule has 2 aromatic heterocycles. The monoisotopic (exact) mass is 358 g/mol. The number of carbonyl (C=O) groups excluding carboxylic acids is 1. The van der Waals surface area contributed by atoms with E-state index in [1.807, 2.05) is 44.2 Å².